The van der Waals surface area contributed by atoms with Gasteiger partial charge in [-0.3, -0.25) is 4.79 Å². The smallest absolute Gasteiger partial charge is 0.416 e. The van der Waals surface area contributed by atoms with Crippen LogP contribution in [0.15, 0.2) is 36.9 Å². The Balaban J connectivity index is 2.26. The number of carboxylic acid groups (broad SMARTS) is 1. The predicted molar refractivity (Wildman–Crippen MR) is 76.8 cm³/mol. The number of hydrogen-bond donors (Lipinski definition) is 2. The number of halogens is 3. The van der Waals surface area contributed by atoms with E-state index in [1.54, 1.807) is 0 Å². The van der Waals surface area contributed by atoms with Gasteiger partial charge in [-0.25, -0.2) is 4.79 Å². The molecule has 1 atom stereocenters. The highest BCUT2D eigenvalue weighted by Gasteiger charge is 2.46. The van der Waals surface area contributed by atoms with Gasteiger partial charge in [0, 0.05) is 18.7 Å². The van der Waals surface area contributed by atoms with Crippen LogP contribution in [0.4, 0.5) is 18.9 Å². The Kier molecular flexibility index (Phi) is 4.35. The van der Waals surface area contributed by atoms with Gasteiger partial charge in [0.1, 0.15) is 0 Å². The van der Waals surface area contributed by atoms with Crippen LogP contribution in [0.3, 0.4) is 0 Å². The zero-order valence-corrected chi connectivity index (χ0v) is 12.1. The third-order valence-electron chi connectivity index (χ3n) is 3.74. The fraction of sp³-hybridized carbons (Fsp3) is 0.333. The van der Waals surface area contributed by atoms with Crippen LogP contribution in [-0.2, 0) is 15.8 Å². The van der Waals surface area contributed by atoms with Crippen LogP contribution in [0.1, 0.15) is 12.0 Å². The Morgan fingerprint density at radius 3 is 2.65 bits per heavy atom. The third kappa shape index (κ3) is 3.46. The lowest BCUT2D eigenvalue weighted by atomic mass is 9.98. The number of likely N-dealkylation sites (tertiary alicyclic amines) is 1. The second-order valence-electron chi connectivity index (χ2n) is 5.30. The molecule has 0 aromatic heterocycles. The highest BCUT2D eigenvalue weighted by atomic mass is 19.4. The summed E-state index contributed by atoms with van der Waals surface area (Å²) in [5.41, 5.74) is -2.36. The Hall–Kier alpha value is -2.51. The van der Waals surface area contributed by atoms with E-state index in [4.69, 9.17) is 0 Å². The van der Waals surface area contributed by atoms with Crippen molar-refractivity contribution in [3.05, 3.63) is 42.5 Å². The number of carbonyl (C=O) groups excluding carboxylic acids is 1. The first-order chi connectivity index (χ1) is 10.7. The van der Waals surface area contributed by atoms with E-state index in [0.29, 0.717) is 0 Å². The minimum absolute atomic E-state index is 0.0372. The largest absolute Gasteiger partial charge is 0.479 e. The lowest BCUT2D eigenvalue weighted by Gasteiger charge is -2.27. The molecule has 1 heterocycles. The van der Waals surface area contributed by atoms with Crippen LogP contribution in [-0.4, -0.2) is 40.5 Å². The van der Waals surface area contributed by atoms with Crippen molar-refractivity contribution in [1.29, 1.82) is 0 Å². The minimum atomic E-state index is -4.52. The fourth-order valence-corrected chi connectivity index (χ4v) is 2.51. The molecule has 8 heteroatoms. The van der Waals surface area contributed by atoms with Gasteiger partial charge in [0.25, 0.3) is 0 Å². The van der Waals surface area contributed by atoms with E-state index in [-0.39, 0.29) is 25.2 Å². The summed E-state index contributed by atoms with van der Waals surface area (Å²) in [6.45, 7) is 3.37. The molecule has 1 saturated heterocycles. The van der Waals surface area contributed by atoms with Crippen LogP contribution >= 0.6 is 0 Å². The molecule has 0 radical (unpaired) electrons. The molecular weight excluding hydrogens is 313 g/mol. The standard InChI is InChI=1S/C15H15F3N2O3/c1-2-12(21)20-7-6-14(9-20,13(22)23)19-11-5-3-4-10(8-11)15(16,17)18/h2-5,8,19H,1,6-7,9H2,(H,22,23). The molecule has 2 N–H and O–H groups in total. The van der Waals surface area contributed by atoms with Crippen molar-refractivity contribution in [3.63, 3.8) is 0 Å². The maximum atomic E-state index is 12.7. The van der Waals surface area contributed by atoms with Crippen LogP contribution in [0, 0.1) is 0 Å². The van der Waals surface area contributed by atoms with Crippen molar-refractivity contribution in [2.24, 2.45) is 0 Å². The van der Waals surface area contributed by atoms with Crippen molar-refractivity contribution >= 4 is 17.6 Å². The summed E-state index contributed by atoms with van der Waals surface area (Å²) in [7, 11) is 0. The number of amides is 1. The van der Waals surface area contributed by atoms with E-state index < -0.39 is 29.2 Å². The summed E-state index contributed by atoms with van der Waals surface area (Å²) in [4.78, 5) is 24.5. The number of anilines is 1. The molecule has 1 unspecified atom stereocenters. The fourth-order valence-electron chi connectivity index (χ4n) is 2.51. The number of rotatable bonds is 4. The summed E-state index contributed by atoms with van der Waals surface area (Å²) >= 11 is 0. The Morgan fingerprint density at radius 1 is 1.39 bits per heavy atom. The van der Waals surface area contributed by atoms with Crippen molar-refractivity contribution in [3.8, 4) is 0 Å². The van der Waals surface area contributed by atoms with Crippen LogP contribution in [0.25, 0.3) is 0 Å². The number of carbonyl (C=O) groups is 2. The van der Waals surface area contributed by atoms with Gasteiger partial charge in [0.05, 0.1) is 12.1 Å². The molecule has 1 amide bonds. The van der Waals surface area contributed by atoms with E-state index in [2.05, 4.69) is 11.9 Å². The van der Waals surface area contributed by atoms with E-state index in [1.807, 2.05) is 0 Å². The summed E-state index contributed by atoms with van der Waals surface area (Å²) in [5.74, 6) is -1.65. The van der Waals surface area contributed by atoms with Crippen molar-refractivity contribution in [2.45, 2.75) is 18.1 Å². The van der Waals surface area contributed by atoms with Gasteiger partial charge in [-0.2, -0.15) is 13.2 Å². The molecule has 5 nitrogen and oxygen atoms in total. The number of nitrogens with one attached hydrogen (secondary N) is 1. The third-order valence-corrected chi connectivity index (χ3v) is 3.74. The number of benzene rings is 1. The first-order valence-corrected chi connectivity index (χ1v) is 6.78. The molecule has 1 aliphatic rings. The second-order valence-corrected chi connectivity index (χ2v) is 5.30. The first kappa shape index (κ1) is 16.9. The Morgan fingerprint density at radius 2 is 2.09 bits per heavy atom. The summed E-state index contributed by atoms with van der Waals surface area (Å²) in [5, 5.41) is 12.1. The van der Waals surface area contributed by atoms with E-state index in [0.717, 1.165) is 18.2 Å². The SMILES string of the molecule is C=CC(=O)N1CCC(Nc2cccc(C(F)(F)F)c2)(C(=O)O)C1. The molecule has 0 saturated carbocycles. The molecule has 0 spiro atoms. The van der Waals surface area contributed by atoms with Gasteiger partial charge in [-0.15, -0.1) is 0 Å². The van der Waals surface area contributed by atoms with Gasteiger partial charge in [0.2, 0.25) is 5.91 Å². The van der Waals surface area contributed by atoms with Crippen molar-refractivity contribution in [1.82, 2.24) is 4.90 Å². The van der Waals surface area contributed by atoms with E-state index in [9.17, 15) is 27.9 Å². The molecule has 2 rings (SSSR count). The number of carboxylic acids is 1. The van der Waals surface area contributed by atoms with Gasteiger partial charge >= 0.3 is 12.1 Å². The summed E-state index contributed by atoms with van der Waals surface area (Å²) in [6.07, 6.45) is -3.37. The van der Waals surface area contributed by atoms with E-state index >= 15 is 0 Å². The van der Waals surface area contributed by atoms with Crippen LogP contribution < -0.4 is 5.32 Å². The second kappa shape index (κ2) is 5.94. The first-order valence-electron chi connectivity index (χ1n) is 6.78. The molecule has 0 bridgehead atoms. The van der Waals surface area contributed by atoms with Gasteiger partial charge in [-0.05, 0) is 24.3 Å². The van der Waals surface area contributed by atoms with E-state index in [1.165, 1.54) is 17.0 Å². The molecule has 124 valence electrons. The monoisotopic (exact) mass is 328 g/mol. The minimum Gasteiger partial charge on any atom is -0.479 e. The number of hydrogen-bond acceptors (Lipinski definition) is 3. The number of alkyl halides is 3. The van der Waals surface area contributed by atoms with Gasteiger partial charge in [0.15, 0.2) is 5.54 Å². The molecule has 1 fully saturated rings. The van der Waals surface area contributed by atoms with Crippen LogP contribution in [0.5, 0.6) is 0 Å². The normalized spacial score (nSPS) is 21.1. The maximum absolute atomic E-state index is 12.7. The van der Waals surface area contributed by atoms with Gasteiger partial charge in [-0.1, -0.05) is 12.6 Å². The quantitative estimate of drug-likeness (QED) is 0.833. The van der Waals surface area contributed by atoms with Crippen molar-refractivity contribution in [2.75, 3.05) is 18.4 Å². The lowest BCUT2D eigenvalue weighted by molar-refractivity contribution is -0.142. The average Bonchev–Trinajstić information content (AvgIpc) is 2.91. The molecular formula is C15H15F3N2O3. The topological polar surface area (TPSA) is 69.6 Å². The summed E-state index contributed by atoms with van der Waals surface area (Å²) in [6, 6.07) is 4.31. The predicted octanol–water partition coefficient (Wildman–Crippen LogP) is 2.36. The zero-order valence-electron chi connectivity index (χ0n) is 12.1. The molecule has 23 heavy (non-hydrogen) atoms. The lowest BCUT2D eigenvalue weighted by Crippen LogP contribution is -2.49. The molecule has 1 aliphatic heterocycles. The number of aliphatic carboxylic acids is 1. The molecule has 0 aliphatic carbocycles. The molecule has 1 aromatic carbocycles. The van der Waals surface area contributed by atoms with Crippen LogP contribution in [0.2, 0.25) is 0 Å². The Labute approximate surface area is 130 Å². The Bertz CT molecular complexity index is 645. The highest BCUT2D eigenvalue weighted by Crippen LogP contribution is 2.33. The zero-order chi connectivity index (χ0) is 17.3. The number of nitrogens with zero attached hydrogens (tertiary/aromatic N) is 1. The molecule has 1 aromatic rings. The van der Waals surface area contributed by atoms with Gasteiger partial charge < -0.3 is 15.3 Å². The van der Waals surface area contributed by atoms with Crippen molar-refractivity contribution < 1.29 is 27.9 Å². The highest BCUT2D eigenvalue weighted by molar-refractivity contribution is 5.90. The summed E-state index contributed by atoms with van der Waals surface area (Å²) < 4.78 is 38.2. The average molecular weight is 328 g/mol. The maximum Gasteiger partial charge on any atom is 0.416 e.